The number of pyridine rings is 1. The Hall–Kier alpha value is -3.69. The first-order valence-electron chi connectivity index (χ1n) is 10.8. The fourth-order valence-corrected chi connectivity index (χ4v) is 3.80. The molecule has 0 radical (unpaired) electrons. The molecule has 1 saturated carbocycles. The molecule has 174 valence electrons. The zero-order chi connectivity index (χ0) is 23.9. The van der Waals surface area contributed by atoms with E-state index in [0.29, 0.717) is 23.8 Å². The van der Waals surface area contributed by atoms with E-state index >= 15 is 0 Å². The number of carbonyl (C=O) groups is 2. The van der Waals surface area contributed by atoms with Gasteiger partial charge in [0.2, 0.25) is 0 Å². The smallest absolute Gasteiger partial charge is 0.341 e. The summed E-state index contributed by atoms with van der Waals surface area (Å²) in [5.74, 6) is 0.0546. The maximum Gasteiger partial charge on any atom is 0.341 e. The van der Waals surface area contributed by atoms with E-state index in [-0.39, 0.29) is 40.5 Å². The zero-order valence-corrected chi connectivity index (χ0v) is 19.0. The number of methoxy groups -OCH3 is 1. The number of carbonyl (C=O) groups excluding carboxylic acids is 2. The highest BCUT2D eigenvalue weighted by Crippen LogP contribution is 2.39. The molecule has 0 unspecified atom stereocenters. The number of hydrogen-bond donors (Lipinski definition) is 2. The number of aromatic nitrogens is 3. The monoisotopic (exact) mass is 454 g/mol. The quantitative estimate of drug-likeness (QED) is 0.523. The van der Waals surface area contributed by atoms with Gasteiger partial charge in [-0.15, -0.1) is 0 Å². The second-order valence-electron chi connectivity index (χ2n) is 8.69. The molecule has 3 aromatic rings. The molecule has 0 spiro atoms. The molecule has 4 rings (SSSR count). The Morgan fingerprint density at radius 3 is 2.64 bits per heavy atom. The van der Waals surface area contributed by atoms with Crippen molar-refractivity contribution in [2.75, 3.05) is 7.11 Å². The second-order valence-corrected chi connectivity index (χ2v) is 8.69. The molecule has 0 bridgehead atoms. The molecule has 1 aliphatic carbocycles. The molecule has 33 heavy (non-hydrogen) atoms. The lowest BCUT2D eigenvalue weighted by atomic mass is 10.1. The molecule has 0 atom stereocenters. The van der Waals surface area contributed by atoms with Gasteiger partial charge < -0.3 is 14.5 Å². The Morgan fingerprint density at radius 1 is 1.27 bits per heavy atom. The van der Waals surface area contributed by atoms with Crippen molar-refractivity contribution in [1.29, 1.82) is 0 Å². The third kappa shape index (κ3) is 4.46. The van der Waals surface area contributed by atoms with Crippen LogP contribution in [0.4, 0.5) is 0 Å². The van der Waals surface area contributed by atoms with Crippen LogP contribution < -0.4 is 16.6 Å². The zero-order valence-electron chi connectivity index (χ0n) is 19.0. The number of aromatic amines is 1. The van der Waals surface area contributed by atoms with Crippen molar-refractivity contribution in [3.63, 3.8) is 0 Å². The Bertz CT molecular complexity index is 1360. The molecule has 0 aliphatic heterocycles. The molecule has 2 N–H and O–H groups in total. The van der Waals surface area contributed by atoms with Crippen LogP contribution in [0.1, 0.15) is 70.5 Å². The number of ether oxygens (including phenoxy) is 1. The van der Waals surface area contributed by atoms with Gasteiger partial charge in [-0.25, -0.2) is 14.6 Å². The number of nitrogens with one attached hydrogen (secondary N) is 2. The lowest BCUT2D eigenvalue weighted by Crippen LogP contribution is -2.34. The minimum atomic E-state index is -0.656. The van der Waals surface area contributed by atoms with E-state index in [9.17, 15) is 19.2 Å². The van der Waals surface area contributed by atoms with Crippen LogP contribution in [0.25, 0.3) is 11.0 Å². The largest absolute Gasteiger partial charge is 0.465 e. The van der Waals surface area contributed by atoms with E-state index in [1.807, 2.05) is 13.8 Å². The van der Waals surface area contributed by atoms with Gasteiger partial charge in [0, 0.05) is 18.2 Å². The Morgan fingerprint density at radius 2 is 2.00 bits per heavy atom. The highest BCUT2D eigenvalue weighted by Gasteiger charge is 2.29. The van der Waals surface area contributed by atoms with E-state index in [1.54, 1.807) is 13.0 Å². The number of nitrogens with zero attached hydrogens (tertiary/aromatic N) is 2. The first-order valence-corrected chi connectivity index (χ1v) is 10.8. The van der Waals surface area contributed by atoms with Crippen molar-refractivity contribution in [3.05, 3.63) is 61.3 Å². The number of hydrogen-bond acceptors (Lipinski definition) is 7. The minimum absolute atomic E-state index is 0.00276. The third-order valence-electron chi connectivity index (χ3n) is 5.55. The maximum atomic E-state index is 13.2. The van der Waals surface area contributed by atoms with Crippen LogP contribution in [0.5, 0.6) is 0 Å². The molecule has 0 aromatic carbocycles. The van der Waals surface area contributed by atoms with Crippen LogP contribution in [-0.2, 0) is 17.8 Å². The summed E-state index contributed by atoms with van der Waals surface area (Å²) in [5, 5.41) is 2.81. The van der Waals surface area contributed by atoms with Crippen molar-refractivity contribution >= 4 is 22.9 Å². The lowest BCUT2D eigenvalue weighted by molar-refractivity contribution is 0.0598. The number of furan rings is 1. The molecule has 1 amide bonds. The van der Waals surface area contributed by atoms with E-state index < -0.39 is 23.1 Å². The second kappa shape index (κ2) is 8.68. The molecule has 10 nitrogen and oxygen atoms in total. The fraction of sp³-hybridized carbons (Fsp3) is 0.435. The summed E-state index contributed by atoms with van der Waals surface area (Å²) in [6.07, 6.45) is 1.89. The Labute approximate surface area is 189 Å². The van der Waals surface area contributed by atoms with Gasteiger partial charge in [-0.05, 0) is 37.8 Å². The molecule has 10 heteroatoms. The fourth-order valence-electron chi connectivity index (χ4n) is 3.80. The van der Waals surface area contributed by atoms with Crippen molar-refractivity contribution in [3.8, 4) is 0 Å². The standard InChI is InChI=1S/C23H26N4O6/c1-11(2)10-27-19-18(21(29)26-23(27)31)16(8-17(25-19)13-5-6-13)20(28)24-9-14-7-15(12(3)33-14)22(30)32-4/h7-8,11,13H,5-6,9-10H2,1-4H3,(H,24,28)(H,26,29,31). The van der Waals surface area contributed by atoms with Gasteiger partial charge in [-0.3, -0.25) is 19.1 Å². The van der Waals surface area contributed by atoms with Gasteiger partial charge in [0.25, 0.3) is 11.5 Å². The number of H-pyrrole nitrogens is 1. The predicted molar refractivity (Wildman–Crippen MR) is 119 cm³/mol. The van der Waals surface area contributed by atoms with Crippen LogP contribution in [0.2, 0.25) is 0 Å². The SMILES string of the molecule is COC(=O)c1cc(CNC(=O)c2cc(C3CC3)nc3c2c(=O)[nH]c(=O)n3CC(C)C)oc1C. The summed E-state index contributed by atoms with van der Waals surface area (Å²) in [6, 6.07) is 3.14. The number of amides is 1. The molecule has 3 heterocycles. The average molecular weight is 454 g/mol. The Kier molecular flexibility index (Phi) is 5.92. The molecular weight excluding hydrogens is 428 g/mol. The van der Waals surface area contributed by atoms with Gasteiger partial charge in [0.15, 0.2) is 5.65 Å². The third-order valence-corrected chi connectivity index (χ3v) is 5.55. The van der Waals surface area contributed by atoms with Crippen molar-refractivity contribution in [2.45, 2.75) is 52.6 Å². The topological polar surface area (TPSA) is 136 Å². The summed E-state index contributed by atoms with van der Waals surface area (Å²) < 4.78 is 11.7. The molecular formula is C23H26N4O6. The summed E-state index contributed by atoms with van der Waals surface area (Å²) in [6.45, 7) is 5.90. The molecule has 1 fully saturated rings. The van der Waals surface area contributed by atoms with E-state index in [4.69, 9.17) is 9.15 Å². The number of aryl methyl sites for hydroxylation is 1. The first-order chi connectivity index (χ1) is 15.7. The van der Waals surface area contributed by atoms with E-state index in [2.05, 4.69) is 15.3 Å². The minimum Gasteiger partial charge on any atom is -0.465 e. The molecule has 3 aromatic heterocycles. The number of rotatable bonds is 7. The first kappa shape index (κ1) is 22.5. The highest BCUT2D eigenvalue weighted by atomic mass is 16.5. The molecule has 0 saturated heterocycles. The summed E-state index contributed by atoms with van der Waals surface area (Å²) >= 11 is 0. The van der Waals surface area contributed by atoms with Gasteiger partial charge in [-0.1, -0.05) is 13.8 Å². The Balaban J connectivity index is 1.73. The van der Waals surface area contributed by atoms with Crippen molar-refractivity contribution in [2.24, 2.45) is 5.92 Å². The normalized spacial score (nSPS) is 13.5. The van der Waals surface area contributed by atoms with Crippen LogP contribution >= 0.6 is 0 Å². The van der Waals surface area contributed by atoms with E-state index in [0.717, 1.165) is 12.8 Å². The number of fused-ring (bicyclic) bond motifs is 1. The summed E-state index contributed by atoms with van der Waals surface area (Å²) in [5.41, 5.74) is 0.135. The average Bonchev–Trinajstić information content (AvgIpc) is 3.55. The summed E-state index contributed by atoms with van der Waals surface area (Å²) in [4.78, 5) is 57.1. The molecule has 1 aliphatic rings. The van der Waals surface area contributed by atoms with Gasteiger partial charge in [0.1, 0.15) is 17.1 Å². The van der Waals surface area contributed by atoms with Gasteiger partial charge >= 0.3 is 11.7 Å². The van der Waals surface area contributed by atoms with E-state index in [1.165, 1.54) is 17.7 Å². The van der Waals surface area contributed by atoms with Crippen LogP contribution in [0.15, 0.2) is 26.1 Å². The van der Waals surface area contributed by atoms with Crippen molar-refractivity contribution in [1.82, 2.24) is 19.9 Å². The van der Waals surface area contributed by atoms with Gasteiger partial charge in [0.05, 0.1) is 24.6 Å². The predicted octanol–water partition coefficient (Wildman–Crippen LogP) is 2.24. The lowest BCUT2D eigenvalue weighted by Gasteiger charge is -2.14. The van der Waals surface area contributed by atoms with Gasteiger partial charge in [-0.2, -0.15) is 0 Å². The number of esters is 1. The van der Waals surface area contributed by atoms with Crippen LogP contribution in [-0.4, -0.2) is 33.5 Å². The highest BCUT2D eigenvalue weighted by molar-refractivity contribution is 6.05. The van der Waals surface area contributed by atoms with Crippen molar-refractivity contribution < 1.29 is 18.7 Å². The maximum absolute atomic E-state index is 13.2. The van der Waals surface area contributed by atoms with Crippen LogP contribution in [0.3, 0.4) is 0 Å². The van der Waals surface area contributed by atoms with Crippen LogP contribution in [0, 0.1) is 12.8 Å². The summed E-state index contributed by atoms with van der Waals surface area (Å²) in [7, 11) is 1.28.